The van der Waals surface area contributed by atoms with Gasteiger partial charge >= 0.3 is 0 Å². The number of aromatic nitrogens is 1. The zero-order valence-electron chi connectivity index (χ0n) is 18.8. The molecule has 1 atom stereocenters. The van der Waals surface area contributed by atoms with Gasteiger partial charge in [-0.15, -0.1) is 11.3 Å². The van der Waals surface area contributed by atoms with Crippen LogP contribution in [0.15, 0.2) is 66.9 Å². The van der Waals surface area contributed by atoms with Crippen LogP contribution in [0, 0.1) is 5.92 Å². The molecule has 0 spiro atoms. The Bertz CT molecular complexity index is 1050. The summed E-state index contributed by atoms with van der Waals surface area (Å²) in [7, 11) is 0. The van der Waals surface area contributed by atoms with Crippen LogP contribution in [0.4, 0.5) is 0 Å². The largest absolute Gasteiger partial charge is 0.493 e. The second-order valence-corrected chi connectivity index (χ2v) is 10.0. The summed E-state index contributed by atoms with van der Waals surface area (Å²) in [4.78, 5) is 21.9. The Morgan fingerprint density at radius 2 is 1.82 bits per heavy atom. The van der Waals surface area contributed by atoms with Crippen molar-refractivity contribution in [2.75, 3.05) is 32.9 Å². The van der Waals surface area contributed by atoms with E-state index in [1.165, 1.54) is 0 Å². The van der Waals surface area contributed by atoms with Crippen molar-refractivity contribution in [3.8, 4) is 16.3 Å². The molecule has 1 aromatic heterocycles. The van der Waals surface area contributed by atoms with Gasteiger partial charge in [-0.1, -0.05) is 48.5 Å². The van der Waals surface area contributed by atoms with E-state index < -0.39 is 5.41 Å². The van der Waals surface area contributed by atoms with Crippen molar-refractivity contribution >= 4 is 17.2 Å². The molecule has 0 aliphatic carbocycles. The van der Waals surface area contributed by atoms with E-state index in [1.807, 2.05) is 54.7 Å². The van der Waals surface area contributed by atoms with E-state index in [2.05, 4.69) is 17.0 Å². The minimum Gasteiger partial charge on any atom is -0.493 e. The number of ether oxygens (including phenoxy) is 2. The first kappa shape index (κ1) is 22.1. The number of piperidine rings is 1. The molecule has 2 aliphatic rings. The van der Waals surface area contributed by atoms with Crippen LogP contribution in [-0.2, 0) is 14.9 Å². The average Bonchev–Trinajstić information content (AvgIpc) is 3.40. The molecule has 1 amide bonds. The van der Waals surface area contributed by atoms with Gasteiger partial charge < -0.3 is 14.4 Å². The zero-order valence-corrected chi connectivity index (χ0v) is 19.6. The van der Waals surface area contributed by atoms with Gasteiger partial charge in [0.1, 0.15) is 10.8 Å². The fourth-order valence-corrected chi connectivity index (χ4v) is 6.07. The van der Waals surface area contributed by atoms with Crippen molar-refractivity contribution in [1.29, 1.82) is 0 Å². The maximum absolute atomic E-state index is 14.0. The molecule has 0 bridgehead atoms. The van der Waals surface area contributed by atoms with Crippen LogP contribution in [0.25, 0.3) is 10.6 Å². The smallest absolute Gasteiger partial charge is 0.234 e. The molecule has 5 nitrogen and oxygen atoms in total. The summed E-state index contributed by atoms with van der Waals surface area (Å²) in [5.41, 5.74) is 0.560. The first-order valence-electron chi connectivity index (χ1n) is 11.8. The summed E-state index contributed by atoms with van der Waals surface area (Å²) < 4.78 is 11.7. The molecule has 0 radical (unpaired) electrons. The fraction of sp³-hybridized carbons (Fsp3) is 0.407. The lowest BCUT2D eigenvalue weighted by molar-refractivity contribution is -0.143. The molecule has 3 aromatic rings. The third-order valence-electron chi connectivity index (χ3n) is 6.79. The Kier molecular flexibility index (Phi) is 6.74. The third-order valence-corrected chi connectivity index (χ3v) is 8.04. The first-order chi connectivity index (χ1) is 16.2. The number of amides is 1. The maximum Gasteiger partial charge on any atom is 0.234 e. The minimum absolute atomic E-state index is 0.235. The molecule has 5 rings (SSSR count). The Labute approximate surface area is 199 Å². The Balaban J connectivity index is 1.33. The number of rotatable bonds is 6. The van der Waals surface area contributed by atoms with Gasteiger partial charge in [-0.2, -0.15) is 0 Å². The molecule has 3 heterocycles. The van der Waals surface area contributed by atoms with Gasteiger partial charge in [0.05, 0.1) is 12.0 Å². The molecule has 0 saturated carbocycles. The molecular formula is C27H30N2O3S. The second-order valence-electron chi connectivity index (χ2n) is 8.97. The average molecular weight is 463 g/mol. The van der Waals surface area contributed by atoms with E-state index >= 15 is 0 Å². The summed E-state index contributed by atoms with van der Waals surface area (Å²) in [6.45, 7) is 3.42. The second kappa shape index (κ2) is 10.1. The van der Waals surface area contributed by atoms with Crippen molar-refractivity contribution in [3.63, 3.8) is 0 Å². The molecule has 0 N–H and O–H groups in total. The highest BCUT2D eigenvalue weighted by Gasteiger charge is 2.46. The van der Waals surface area contributed by atoms with E-state index in [-0.39, 0.29) is 5.91 Å². The summed E-state index contributed by atoms with van der Waals surface area (Å²) >= 11 is 1.65. The van der Waals surface area contributed by atoms with Crippen LogP contribution in [-0.4, -0.2) is 48.7 Å². The standard InChI is InChI=1S/C27H30N2O3S/c30-26(29-15-7-8-21(19-29)20-32-23-11-5-2-6-12-23)27(13-16-31-17-14-27)24-18-28-25(33-24)22-9-3-1-4-10-22/h1-6,9-12,18,21H,7-8,13-17,19-20H2. The minimum atomic E-state index is -0.537. The Hall–Kier alpha value is -2.70. The number of likely N-dealkylation sites (tertiary alicyclic amines) is 1. The SMILES string of the molecule is O=C(N1CCCC(COc2ccccc2)C1)C1(c2cnc(-c3ccccc3)s2)CCOCC1. The van der Waals surface area contributed by atoms with Crippen LogP contribution < -0.4 is 4.74 Å². The number of hydrogen-bond donors (Lipinski definition) is 0. The number of hydrogen-bond acceptors (Lipinski definition) is 5. The highest BCUT2D eigenvalue weighted by Crippen LogP contribution is 2.42. The van der Waals surface area contributed by atoms with Crippen LogP contribution in [0.5, 0.6) is 5.75 Å². The molecule has 6 heteroatoms. The predicted molar refractivity (Wildman–Crippen MR) is 131 cm³/mol. The fourth-order valence-electron chi connectivity index (χ4n) is 4.91. The molecule has 172 valence electrons. The first-order valence-corrected chi connectivity index (χ1v) is 12.6. The van der Waals surface area contributed by atoms with Crippen LogP contribution in [0.3, 0.4) is 0 Å². The zero-order chi connectivity index (χ0) is 22.5. The molecule has 2 fully saturated rings. The topological polar surface area (TPSA) is 51.7 Å². The number of benzene rings is 2. The van der Waals surface area contributed by atoms with Crippen molar-refractivity contribution in [1.82, 2.24) is 9.88 Å². The molecule has 2 aromatic carbocycles. The van der Waals surface area contributed by atoms with Crippen molar-refractivity contribution in [2.45, 2.75) is 31.1 Å². The van der Waals surface area contributed by atoms with E-state index in [0.717, 1.165) is 47.1 Å². The van der Waals surface area contributed by atoms with Crippen LogP contribution in [0.1, 0.15) is 30.6 Å². The maximum atomic E-state index is 14.0. The molecular weight excluding hydrogens is 432 g/mol. The molecule has 2 aliphatic heterocycles. The van der Waals surface area contributed by atoms with E-state index in [9.17, 15) is 4.79 Å². The van der Waals surface area contributed by atoms with Gasteiger partial charge in [0.2, 0.25) is 5.91 Å². The van der Waals surface area contributed by atoms with E-state index in [1.54, 1.807) is 11.3 Å². The summed E-state index contributed by atoms with van der Waals surface area (Å²) in [5.74, 6) is 1.47. The van der Waals surface area contributed by atoms with Crippen molar-refractivity contribution < 1.29 is 14.3 Å². The quantitative estimate of drug-likeness (QED) is 0.507. The van der Waals surface area contributed by atoms with Gasteiger partial charge in [0, 0.05) is 48.9 Å². The van der Waals surface area contributed by atoms with Gasteiger partial charge in [0.25, 0.3) is 0 Å². The van der Waals surface area contributed by atoms with Crippen LogP contribution in [0.2, 0.25) is 0 Å². The molecule has 33 heavy (non-hydrogen) atoms. The molecule has 2 saturated heterocycles. The predicted octanol–water partition coefficient (Wildman–Crippen LogP) is 5.18. The Morgan fingerprint density at radius 3 is 2.58 bits per heavy atom. The van der Waals surface area contributed by atoms with E-state index in [4.69, 9.17) is 14.5 Å². The number of carbonyl (C=O) groups excluding carboxylic acids is 1. The van der Waals surface area contributed by atoms with Gasteiger partial charge in [-0.05, 0) is 37.8 Å². The lowest BCUT2D eigenvalue weighted by Gasteiger charge is -2.41. The Morgan fingerprint density at radius 1 is 1.09 bits per heavy atom. The number of para-hydroxylation sites is 1. The highest BCUT2D eigenvalue weighted by molar-refractivity contribution is 7.15. The van der Waals surface area contributed by atoms with Gasteiger partial charge in [-0.3, -0.25) is 4.79 Å². The van der Waals surface area contributed by atoms with Crippen molar-refractivity contribution in [2.24, 2.45) is 5.92 Å². The van der Waals surface area contributed by atoms with E-state index in [0.29, 0.717) is 38.6 Å². The normalized spacial score (nSPS) is 20.4. The van der Waals surface area contributed by atoms with Gasteiger partial charge in [-0.25, -0.2) is 4.98 Å². The lowest BCUT2D eigenvalue weighted by Crippen LogP contribution is -2.52. The molecule has 1 unspecified atom stereocenters. The lowest BCUT2D eigenvalue weighted by atomic mass is 9.77. The number of carbonyl (C=O) groups is 1. The van der Waals surface area contributed by atoms with Crippen molar-refractivity contribution in [3.05, 3.63) is 71.7 Å². The summed E-state index contributed by atoms with van der Waals surface area (Å²) in [6, 6.07) is 20.1. The third kappa shape index (κ3) is 4.82. The van der Waals surface area contributed by atoms with Gasteiger partial charge in [0.15, 0.2) is 0 Å². The summed E-state index contributed by atoms with van der Waals surface area (Å²) in [5, 5.41) is 0.969. The number of nitrogens with zero attached hydrogens (tertiary/aromatic N) is 2. The summed E-state index contributed by atoms with van der Waals surface area (Å²) in [6.07, 6.45) is 5.45. The number of thiazole rings is 1. The highest BCUT2D eigenvalue weighted by atomic mass is 32.1. The monoisotopic (exact) mass is 462 g/mol. The van der Waals surface area contributed by atoms with Crippen LogP contribution >= 0.6 is 11.3 Å².